The van der Waals surface area contributed by atoms with Crippen molar-refractivity contribution in [3.63, 3.8) is 0 Å². The van der Waals surface area contributed by atoms with Crippen LogP contribution in [0, 0.1) is 0 Å². The highest BCUT2D eigenvalue weighted by atomic mass is 28.3. The van der Waals surface area contributed by atoms with Crippen LogP contribution in [0.4, 0.5) is 17.1 Å². The van der Waals surface area contributed by atoms with Gasteiger partial charge in [-0.25, -0.2) is 0 Å². The average molecular weight is 983 g/mol. The minimum atomic E-state index is -2.98. The summed E-state index contributed by atoms with van der Waals surface area (Å²) in [6, 6.07) is 114. The van der Waals surface area contributed by atoms with Crippen LogP contribution in [0.2, 0.25) is 0 Å². The van der Waals surface area contributed by atoms with Crippen molar-refractivity contribution >= 4 is 67.7 Å². The summed E-state index contributed by atoms with van der Waals surface area (Å²) in [5, 5.41) is 7.98. The minimum Gasteiger partial charge on any atom is -0.310 e. The monoisotopic (exact) mass is 982 g/mol. The van der Waals surface area contributed by atoms with E-state index in [1.165, 1.54) is 98.2 Å². The lowest BCUT2D eigenvalue weighted by molar-refractivity contribution is 0.768. The first-order valence-electron chi connectivity index (χ1n) is 26.4. The second-order valence-corrected chi connectivity index (χ2v) is 24.1. The number of benzene rings is 12. The minimum absolute atomic E-state index is 0.582. The van der Waals surface area contributed by atoms with E-state index in [-0.39, 0.29) is 0 Å². The zero-order valence-electron chi connectivity index (χ0n) is 41.8. The van der Waals surface area contributed by atoms with Gasteiger partial charge in [0.1, 0.15) is 0 Å². The molecule has 2 aliphatic rings. The van der Waals surface area contributed by atoms with Crippen LogP contribution in [0.5, 0.6) is 0 Å². The van der Waals surface area contributed by atoms with Gasteiger partial charge in [0.05, 0.1) is 16.4 Å². The molecule has 0 amide bonds. The van der Waals surface area contributed by atoms with Crippen molar-refractivity contribution in [3.05, 3.63) is 326 Å². The molecule has 13 aromatic rings. The van der Waals surface area contributed by atoms with E-state index in [2.05, 4.69) is 313 Å². The normalized spacial score (nSPS) is 13.5. The Balaban J connectivity index is 1.06. The predicted molar refractivity (Wildman–Crippen MR) is 321 cm³/mol. The smallest absolute Gasteiger partial charge is 0.180 e. The lowest BCUT2D eigenvalue weighted by Gasteiger charge is -2.35. The maximum Gasteiger partial charge on any atom is 0.180 e. The fourth-order valence-corrected chi connectivity index (χ4v) is 18.7. The lowest BCUT2D eigenvalue weighted by atomic mass is 9.67. The first-order chi connectivity index (χ1) is 37.7. The van der Waals surface area contributed by atoms with E-state index < -0.39 is 13.5 Å². The Morgan fingerprint density at radius 1 is 0.303 bits per heavy atom. The van der Waals surface area contributed by atoms with Crippen molar-refractivity contribution in [1.29, 1.82) is 0 Å². The predicted octanol–water partition coefficient (Wildman–Crippen LogP) is 15.6. The molecule has 1 aliphatic heterocycles. The summed E-state index contributed by atoms with van der Waals surface area (Å²) in [4.78, 5) is 2.56. The van der Waals surface area contributed by atoms with Crippen molar-refractivity contribution < 1.29 is 0 Å². The van der Waals surface area contributed by atoms with E-state index in [1.807, 2.05) is 0 Å². The van der Waals surface area contributed by atoms with Crippen LogP contribution in [-0.4, -0.2) is 12.6 Å². The molecule has 0 unspecified atom stereocenters. The van der Waals surface area contributed by atoms with Crippen LogP contribution in [0.1, 0.15) is 22.3 Å². The number of aromatic nitrogens is 1. The standard InChI is InChI=1S/C73H50N2Si/c1-6-24-51(25-7-1)52-46-58(48-60(47-52)76(59-32-14-5-15-33-59)71-40-22-18-36-64(71)65-37-19-23-41-72(65)76)74(56-43-45-70-66(49-56)63-35-17-21-39-69(63)75(70)55-30-12-4-13-31-55)57-42-44-62-61-34-16-20-38-67(61)73(68(62)50-57,53-26-8-2-9-27-53)54-28-10-3-11-29-54/h1-50H. The fraction of sp³-hybridized carbons (Fsp3) is 0.0137. The maximum atomic E-state index is 2.56. The Hall–Kier alpha value is -9.54. The van der Waals surface area contributed by atoms with Gasteiger partial charge in [0.15, 0.2) is 8.07 Å². The highest BCUT2D eigenvalue weighted by Crippen LogP contribution is 2.57. The molecule has 0 atom stereocenters. The Labute approximate surface area is 444 Å². The molecular weight excluding hydrogens is 933 g/mol. The van der Waals surface area contributed by atoms with Gasteiger partial charge in [-0.1, -0.05) is 243 Å². The van der Waals surface area contributed by atoms with E-state index in [1.54, 1.807) is 0 Å². The molecule has 0 saturated heterocycles. The van der Waals surface area contributed by atoms with Gasteiger partial charge in [0.2, 0.25) is 0 Å². The van der Waals surface area contributed by atoms with Gasteiger partial charge in [-0.15, -0.1) is 0 Å². The molecular formula is C73H50N2Si. The SMILES string of the molecule is c1ccc(-c2cc(N(c3ccc4c(c3)C(c3ccccc3)(c3ccccc3)c3ccccc3-4)c3ccc4c(c3)c3ccccc3n4-c3ccccc3)cc([Si]3(c4ccccc4)c4ccccc4-c4ccccc43)c2)cc1. The molecule has 0 saturated carbocycles. The Morgan fingerprint density at radius 2 is 0.816 bits per heavy atom. The van der Waals surface area contributed by atoms with Crippen LogP contribution >= 0.6 is 0 Å². The molecule has 3 heteroatoms. The second kappa shape index (κ2) is 17.6. The number of nitrogens with zero attached hydrogens (tertiary/aromatic N) is 2. The third-order valence-corrected chi connectivity index (χ3v) is 21.3. The van der Waals surface area contributed by atoms with E-state index in [9.17, 15) is 0 Å². The molecule has 356 valence electrons. The first-order valence-corrected chi connectivity index (χ1v) is 28.4. The summed E-state index contributed by atoms with van der Waals surface area (Å²) in [5.74, 6) is 0. The number of hydrogen-bond acceptors (Lipinski definition) is 1. The van der Waals surface area contributed by atoms with Crippen molar-refractivity contribution in [3.8, 4) is 39.1 Å². The summed E-state index contributed by atoms with van der Waals surface area (Å²) in [7, 11) is -2.98. The summed E-state index contributed by atoms with van der Waals surface area (Å²) in [6.07, 6.45) is 0. The Morgan fingerprint density at radius 3 is 1.50 bits per heavy atom. The van der Waals surface area contributed by atoms with Crippen molar-refractivity contribution in [2.45, 2.75) is 5.41 Å². The second-order valence-electron chi connectivity index (χ2n) is 20.3. The zero-order chi connectivity index (χ0) is 50.2. The third kappa shape index (κ3) is 6.46. The molecule has 0 N–H and O–H groups in total. The Kier molecular flexibility index (Phi) is 10.2. The van der Waals surface area contributed by atoms with Gasteiger partial charge < -0.3 is 9.47 Å². The molecule has 2 heterocycles. The summed E-state index contributed by atoms with van der Waals surface area (Å²) >= 11 is 0. The molecule has 0 spiro atoms. The largest absolute Gasteiger partial charge is 0.310 e. The lowest BCUT2D eigenvalue weighted by Crippen LogP contribution is -2.72. The van der Waals surface area contributed by atoms with Crippen molar-refractivity contribution in [2.24, 2.45) is 0 Å². The highest BCUT2D eigenvalue weighted by Gasteiger charge is 2.49. The van der Waals surface area contributed by atoms with Crippen molar-refractivity contribution in [2.75, 3.05) is 4.90 Å². The quantitative estimate of drug-likeness (QED) is 0.131. The summed E-state index contributed by atoms with van der Waals surface area (Å²) in [6.45, 7) is 0. The number of anilines is 3. The molecule has 2 nitrogen and oxygen atoms in total. The van der Waals surface area contributed by atoms with Gasteiger partial charge in [0.25, 0.3) is 0 Å². The van der Waals surface area contributed by atoms with Gasteiger partial charge in [-0.05, 0) is 137 Å². The average Bonchev–Trinajstić information content (AvgIpc) is 4.23. The summed E-state index contributed by atoms with van der Waals surface area (Å²) < 4.78 is 2.41. The maximum absolute atomic E-state index is 2.98. The van der Waals surface area contributed by atoms with E-state index in [4.69, 9.17) is 0 Å². The number of hydrogen-bond donors (Lipinski definition) is 0. The number of rotatable bonds is 9. The molecule has 15 rings (SSSR count). The van der Waals surface area contributed by atoms with Crippen LogP contribution in [0.3, 0.4) is 0 Å². The molecule has 0 bridgehead atoms. The fourth-order valence-electron chi connectivity index (χ4n) is 13.4. The van der Waals surface area contributed by atoms with E-state index in [0.29, 0.717) is 0 Å². The van der Waals surface area contributed by atoms with Crippen LogP contribution in [-0.2, 0) is 5.41 Å². The molecule has 12 aromatic carbocycles. The molecule has 0 fully saturated rings. The highest BCUT2D eigenvalue weighted by molar-refractivity contribution is 7.22. The van der Waals surface area contributed by atoms with Crippen LogP contribution in [0.15, 0.2) is 303 Å². The van der Waals surface area contributed by atoms with Crippen LogP contribution < -0.4 is 25.6 Å². The van der Waals surface area contributed by atoms with Gasteiger partial charge in [0, 0.05) is 33.5 Å². The molecule has 0 radical (unpaired) electrons. The Bertz CT molecular complexity index is 4250. The van der Waals surface area contributed by atoms with E-state index in [0.717, 1.165) is 22.7 Å². The van der Waals surface area contributed by atoms with Crippen molar-refractivity contribution in [1.82, 2.24) is 4.57 Å². The molecule has 1 aliphatic carbocycles. The molecule has 1 aromatic heterocycles. The number of para-hydroxylation sites is 2. The van der Waals surface area contributed by atoms with Gasteiger partial charge in [-0.2, -0.15) is 0 Å². The molecule has 76 heavy (non-hydrogen) atoms. The summed E-state index contributed by atoms with van der Waals surface area (Å²) in [5.41, 5.74) is 18.8. The third-order valence-electron chi connectivity index (χ3n) is 16.5. The van der Waals surface area contributed by atoms with Gasteiger partial charge in [-0.3, -0.25) is 0 Å². The van der Waals surface area contributed by atoms with Crippen LogP contribution in [0.25, 0.3) is 60.9 Å². The van der Waals surface area contributed by atoms with E-state index >= 15 is 0 Å². The van der Waals surface area contributed by atoms with Gasteiger partial charge >= 0.3 is 0 Å². The topological polar surface area (TPSA) is 8.17 Å². The zero-order valence-corrected chi connectivity index (χ0v) is 42.8. The number of fused-ring (bicyclic) bond motifs is 9. The first kappa shape index (κ1) is 44.0.